The van der Waals surface area contributed by atoms with Crippen LogP contribution in [0.25, 0.3) is 0 Å². The minimum Gasteiger partial charge on any atom is -0.494 e. The smallest absolute Gasteiger partial charge is 0.271 e. The number of sulfone groups is 1. The second kappa shape index (κ2) is 7.67. The largest absolute Gasteiger partial charge is 0.494 e. The van der Waals surface area contributed by atoms with E-state index in [1.54, 1.807) is 6.07 Å². The lowest BCUT2D eigenvalue weighted by atomic mass is 10.0. The van der Waals surface area contributed by atoms with Gasteiger partial charge in [0.25, 0.3) is 5.56 Å². The summed E-state index contributed by atoms with van der Waals surface area (Å²) in [5.41, 5.74) is -0.360. The van der Waals surface area contributed by atoms with Gasteiger partial charge in [-0.15, -0.1) is 0 Å². The van der Waals surface area contributed by atoms with Crippen LogP contribution in [0.2, 0.25) is 0 Å². The van der Waals surface area contributed by atoms with E-state index in [2.05, 4.69) is 4.99 Å². The second-order valence-electron chi connectivity index (χ2n) is 6.88. The summed E-state index contributed by atoms with van der Waals surface area (Å²) in [6, 6.07) is 6.34. The standard InChI is InChI=1S/C18H18N4O6S2/c1-11-15(8-19)17(23)22(13-6-7-29(25,26)10-13)18(24)16(11)9-21-12-2-4-14(5-3-12)30(20,27)28/h2-5,9,13,24H,6-7,10H2,1H3,(H2,20,27,28)/t13-/m1/s1. The molecule has 1 aromatic heterocycles. The molecule has 0 radical (unpaired) electrons. The minimum atomic E-state index is -3.85. The first kappa shape index (κ1) is 21.7. The monoisotopic (exact) mass is 450 g/mol. The average Bonchev–Trinajstić information content (AvgIpc) is 3.01. The number of aliphatic imine (C=N–C) groups is 1. The van der Waals surface area contributed by atoms with Crippen LogP contribution < -0.4 is 10.7 Å². The summed E-state index contributed by atoms with van der Waals surface area (Å²) in [4.78, 5) is 16.7. The number of primary sulfonamides is 1. The second-order valence-corrected chi connectivity index (χ2v) is 10.7. The van der Waals surface area contributed by atoms with E-state index in [0.717, 1.165) is 4.57 Å². The number of rotatable bonds is 4. The number of hydrogen-bond acceptors (Lipinski definition) is 8. The third-order valence-electron chi connectivity index (χ3n) is 4.87. The molecular formula is C18H18N4O6S2. The van der Waals surface area contributed by atoms with Gasteiger partial charge in [0.15, 0.2) is 9.84 Å². The summed E-state index contributed by atoms with van der Waals surface area (Å²) >= 11 is 0. The zero-order chi connectivity index (χ0) is 22.3. The highest BCUT2D eigenvalue weighted by Crippen LogP contribution is 2.30. The van der Waals surface area contributed by atoms with Crippen molar-refractivity contribution in [2.75, 3.05) is 11.5 Å². The normalized spacial score (nSPS) is 18.5. The summed E-state index contributed by atoms with van der Waals surface area (Å²) in [6.45, 7) is 1.47. The lowest BCUT2D eigenvalue weighted by Crippen LogP contribution is -2.29. The predicted octanol–water partition coefficient (Wildman–Crippen LogP) is 0.492. The van der Waals surface area contributed by atoms with E-state index in [-0.39, 0.29) is 39.5 Å². The molecular weight excluding hydrogens is 432 g/mol. The third kappa shape index (κ3) is 4.13. The number of sulfonamides is 1. The maximum absolute atomic E-state index is 12.7. The van der Waals surface area contributed by atoms with Gasteiger partial charge in [0.05, 0.1) is 33.7 Å². The van der Waals surface area contributed by atoms with Gasteiger partial charge in [0, 0.05) is 6.21 Å². The van der Waals surface area contributed by atoms with Crippen LogP contribution in [0, 0.1) is 18.3 Å². The Morgan fingerprint density at radius 2 is 1.97 bits per heavy atom. The third-order valence-corrected chi connectivity index (χ3v) is 7.55. The number of hydrogen-bond donors (Lipinski definition) is 2. The molecule has 3 N–H and O–H groups in total. The summed E-state index contributed by atoms with van der Waals surface area (Å²) in [6.07, 6.45) is 1.38. The molecule has 0 amide bonds. The number of nitrogens with two attached hydrogens (primary N) is 1. The molecule has 30 heavy (non-hydrogen) atoms. The van der Waals surface area contributed by atoms with Gasteiger partial charge in [0.2, 0.25) is 15.9 Å². The van der Waals surface area contributed by atoms with Crippen LogP contribution in [0.3, 0.4) is 0 Å². The Morgan fingerprint density at radius 1 is 1.33 bits per heavy atom. The number of nitriles is 1. The van der Waals surface area contributed by atoms with Crippen molar-refractivity contribution in [3.8, 4) is 11.9 Å². The van der Waals surface area contributed by atoms with Gasteiger partial charge in [-0.25, -0.2) is 22.0 Å². The van der Waals surface area contributed by atoms with Crippen molar-refractivity contribution in [1.29, 1.82) is 5.26 Å². The quantitative estimate of drug-likeness (QED) is 0.638. The zero-order valence-electron chi connectivity index (χ0n) is 15.8. The van der Waals surface area contributed by atoms with Gasteiger partial charge >= 0.3 is 0 Å². The van der Waals surface area contributed by atoms with E-state index in [0.29, 0.717) is 5.69 Å². The molecule has 2 heterocycles. The molecule has 12 heteroatoms. The van der Waals surface area contributed by atoms with Crippen LogP contribution in [0.15, 0.2) is 38.9 Å². The topological polar surface area (TPSA) is 173 Å². The van der Waals surface area contributed by atoms with Crippen molar-refractivity contribution in [3.63, 3.8) is 0 Å². The molecule has 1 saturated heterocycles. The SMILES string of the molecule is Cc1c(C=Nc2ccc(S(N)(=O)=O)cc2)c(O)n([C@@H]2CCS(=O)(=O)C2)c(=O)c1C#N. The van der Waals surface area contributed by atoms with Crippen LogP contribution in [-0.2, 0) is 19.9 Å². The molecule has 0 unspecified atom stereocenters. The van der Waals surface area contributed by atoms with Crippen molar-refractivity contribution in [2.24, 2.45) is 10.1 Å². The van der Waals surface area contributed by atoms with E-state index >= 15 is 0 Å². The molecule has 0 saturated carbocycles. The summed E-state index contributed by atoms with van der Waals surface area (Å²) in [5.74, 6) is -0.900. The molecule has 1 aromatic carbocycles. The molecule has 2 aromatic rings. The Balaban J connectivity index is 2.09. The fourth-order valence-corrected chi connectivity index (χ4v) is 5.49. The van der Waals surface area contributed by atoms with Crippen LogP contribution in [0.4, 0.5) is 5.69 Å². The van der Waals surface area contributed by atoms with Gasteiger partial charge in [-0.1, -0.05) is 0 Å². The molecule has 1 atom stereocenters. The number of nitrogens with zero attached hydrogens (tertiary/aromatic N) is 3. The number of aromatic hydroxyl groups is 1. The van der Waals surface area contributed by atoms with Gasteiger partial charge in [-0.2, -0.15) is 5.26 Å². The number of pyridine rings is 1. The van der Waals surface area contributed by atoms with Crippen LogP contribution in [0.5, 0.6) is 5.88 Å². The van der Waals surface area contributed by atoms with E-state index < -0.39 is 37.3 Å². The molecule has 0 bridgehead atoms. The Bertz CT molecular complexity index is 1350. The van der Waals surface area contributed by atoms with Gasteiger partial charge in [-0.3, -0.25) is 14.4 Å². The molecule has 0 aliphatic carbocycles. The lowest BCUT2D eigenvalue weighted by Gasteiger charge is -2.18. The van der Waals surface area contributed by atoms with Crippen LogP contribution in [-0.4, -0.2) is 44.2 Å². The summed E-state index contributed by atoms with van der Waals surface area (Å²) in [5, 5.41) is 25.1. The fraction of sp³-hybridized carbons (Fsp3) is 0.278. The molecule has 3 rings (SSSR count). The highest BCUT2D eigenvalue weighted by molar-refractivity contribution is 7.91. The van der Waals surface area contributed by atoms with Crippen molar-refractivity contribution in [2.45, 2.75) is 24.3 Å². The first-order valence-corrected chi connectivity index (χ1v) is 12.1. The molecule has 1 aliphatic heterocycles. The Labute approximate surface area is 172 Å². The Hall–Kier alpha value is -3.01. The first-order valence-electron chi connectivity index (χ1n) is 8.70. The Morgan fingerprint density at radius 3 is 2.47 bits per heavy atom. The minimum absolute atomic E-state index is 0.0889. The van der Waals surface area contributed by atoms with Crippen molar-refractivity contribution in [3.05, 3.63) is 51.3 Å². The van der Waals surface area contributed by atoms with Crippen LogP contribution in [0.1, 0.15) is 29.2 Å². The van der Waals surface area contributed by atoms with E-state index in [1.165, 1.54) is 37.4 Å². The summed E-state index contributed by atoms with van der Waals surface area (Å²) < 4.78 is 47.2. The molecule has 10 nitrogen and oxygen atoms in total. The lowest BCUT2D eigenvalue weighted by molar-refractivity contribution is 0.379. The number of benzene rings is 1. The van der Waals surface area contributed by atoms with Crippen molar-refractivity contribution >= 4 is 31.8 Å². The highest BCUT2D eigenvalue weighted by Gasteiger charge is 2.33. The zero-order valence-corrected chi connectivity index (χ0v) is 17.4. The van der Waals surface area contributed by atoms with Gasteiger partial charge in [-0.05, 0) is 43.2 Å². The van der Waals surface area contributed by atoms with Crippen LogP contribution >= 0.6 is 0 Å². The average molecular weight is 450 g/mol. The van der Waals surface area contributed by atoms with Crippen molar-refractivity contribution in [1.82, 2.24) is 4.57 Å². The van der Waals surface area contributed by atoms with E-state index in [4.69, 9.17) is 5.14 Å². The van der Waals surface area contributed by atoms with E-state index in [1.807, 2.05) is 0 Å². The van der Waals surface area contributed by atoms with E-state index in [9.17, 15) is 32.0 Å². The van der Waals surface area contributed by atoms with Crippen molar-refractivity contribution < 1.29 is 21.9 Å². The molecule has 1 fully saturated rings. The highest BCUT2D eigenvalue weighted by atomic mass is 32.2. The molecule has 158 valence electrons. The first-order chi connectivity index (χ1) is 13.9. The molecule has 0 spiro atoms. The predicted molar refractivity (Wildman–Crippen MR) is 109 cm³/mol. The fourth-order valence-electron chi connectivity index (χ4n) is 3.27. The number of aromatic nitrogens is 1. The van der Waals surface area contributed by atoms with Gasteiger partial charge in [0.1, 0.15) is 11.6 Å². The van der Waals surface area contributed by atoms with Gasteiger partial charge < -0.3 is 5.11 Å². The maximum Gasteiger partial charge on any atom is 0.271 e. The Kier molecular flexibility index (Phi) is 5.55. The maximum atomic E-state index is 12.7. The summed E-state index contributed by atoms with van der Waals surface area (Å²) in [7, 11) is -7.19. The molecule has 1 aliphatic rings.